The highest BCUT2D eigenvalue weighted by molar-refractivity contribution is 5.55. The highest BCUT2D eigenvalue weighted by atomic mass is 19.1. The maximum Gasteiger partial charge on any atom is 0.123 e. The maximum atomic E-state index is 13.4. The molecule has 3 nitrogen and oxygen atoms in total. The first kappa shape index (κ1) is 14.3. The summed E-state index contributed by atoms with van der Waals surface area (Å²) in [6.45, 7) is 6.86. The Morgan fingerprint density at radius 1 is 1.37 bits per heavy atom. The van der Waals surface area contributed by atoms with Gasteiger partial charge in [0.25, 0.3) is 0 Å². The van der Waals surface area contributed by atoms with Gasteiger partial charge in [-0.3, -0.25) is 0 Å². The lowest BCUT2D eigenvalue weighted by atomic mass is 10.1. The quantitative estimate of drug-likeness (QED) is 0.890. The second-order valence-electron chi connectivity index (χ2n) is 5.54. The highest BCUT2D eigenvalue weighted by Gasteiger charge is 2.23. The van der Waals surface area contributed by atoms with E-state index in [2.05, 4.69) is 23.8 Å². The first-order valence-corrected chi connectivity index (χ1v) is 6.91. The molecule has 1 fully saturated rings. The van der Waals surface area contributed by atoms with Gasteiger partial charge in [-0.1, -0.05) is 0 Å². The minimum Gasteiger partial charge on any atom is -0.389 e. The molecule has 19 heavy (non-hydrogen) atoms. The Kier molecular flexibility index (Phi) is 4.42. The van der Waals surface area contributed by atoms with Crippen LogP contribution in [0.2, 0.25) is 0 Å². The van der Waals surface area contributed by atoms with Crippen molar-refractivity contribution in [2.45, 2.75) is 32.4 Å². The topological polar surface area (TPSA) is 26.7 Å². The van der Waals surface area contributed by atoms with Gasteiger partial charge in [0, 0.05) is 30.4 Å². The van der Waals surface area contributed by atoms with Gasteiger partial charge < -0.3 is 14.9 Å². The molecule has 0 bridgehead atoms. The standard InChI is InChI=1S/C15H23FN2O/c1-11-10-17(3)7-4-8-18(11)15-6-5-13(16)9-14(15)12(2)19/h5-6,9,11-12,19H,4,7-8,10H2,1-3H3/t11?,12-/m1/s1. The molecule has 0 spiro atoms. The largest absolute Gasteiger partial charge is 0.389 e. The van der Waals surface area contributed by atoms with Gasteiger partial charge in [-0.05, 0) is 52.1 Å². The molecule has 1 aromatic rings. The molecule has 0 amide bonds. The van der Waals surface area contributed by atoms with Gasteiger partial charge in [-0.2, -0.15) is 0 Å². The van der Waals surface area contributed by atoms with Crippen LogP contribution >= 0.6 is 0 Å². The molecule has 1 heterocycles. The van der Waals surface area contributed by atoms with Crippen LogP contribution in [0.25, 0.3) is 0 Å². The van der Waals surface area contributed by atoms with Gasteiger partial charge >= 0.3 is 0 Å². The van der Waals surface area contributed by atoms with Gasteiger partial charge in [0.05, 0.1) is 6.10 Å². The number of benzene rings is 1. The Morgan fingerprint density at radius 2 is 2.11 bits per heavy atom. The Morgan fingerprint density at radius 3 is 2.79 bits per heavy atom. The van der Waals surface area contributed by atoms with E-state index in [4.69, 9.17) is 0 Å². The fraction of sp³-hybridized carbons (Fsp3) is 0.600. The molecule has 1 aromatic carbocycles. The molecule has 2 atom stereocenters. The number of hydrogen-bond donors (Lipinski definition) is 1. The molecule has 0 aromatic heterocycles. The molecule has 0 saturated carbocycles. The Hall–Kier alpha value is -1.13. The molecular formula is C15H23FN2O. The smallest absolute Gasteiger partial charge is 0.123 e. The van der Waals surface area contributed by atoms with Crippen LogP contribution in [0.3, 0.4) is 0 Å². The zero-order chi connectivity index (χ0) is 14.0. The third-order valence-electron chi connectivity index (χ3n) is 3.80. The number of anilines is 1. The zero-order valence-electron chi connectivity index (χ0n) is 11.9. The van der Waals surface area contributed by atoms with Crippen molar-refractivity contribution >= 4 is 5.69 Å². The molecule has 0 radical (unpaired) electrons. The number of halogens is 1. The molecule has 2 rings (SSSR count). The van der Waals surface area contributed by atoms with Crippen LogP contribution in [0.1, 0.15) is 31.9 Å². The van der Waals surface area contributed by atoms with Crippen LogP contribution < -0.4 is 4.90 Å². The summed E-state index contributed by atoms with van der Waals surface area (Å²) < 4.78 is 13.4. The first-order valence-electron chi connectivity index (χ1n) is 6.91. The highest BCUT2D eigenvalue weighted by Crippen LogP contribution is 2.29. The number of nitrogens with zero attached hydrogens (tertiary/aromatic N) is 2. The third-order valence-corrected chi connectivity index (χ3v) is 3.80. The summed E-state index contributed by atoms with van der Waals surface area (Å²) in [5.41, 5.74) is 1.63. The zero-order valence-corrected chi connectivity index (χ0v) is 11.9. The fourth-order valence-electron chi connectivity index (χ4n) is 2.85. The third kappa shape index (κ3) is 3.25. The lowest BCUT2D eigenvalue weighted by molar-refractivity contribution is 0.199. The average molecular weight is 266 g/mol. The van der Waals surface area contributed by atoms with Crippen LogP contribution in [-0.4, -0.2) is 42.7 Å². The van der Waals surface area contributed by atoms with E-state index in [1.165, 1.54) is 12.1 Å². The van der Waals surface area contributed by atoms with E-state index in [1.807, 2.05) is 0 Å². The summed E-state index contributed by atoms with van der Waals surface area (Å²) in [4.78, 5) is 4.60. The van der Waals surface area contributed by atoms with Crippen LogP contribution in [0.4, 0.5) is 10.1 Å². The maximum absolute atomic E-state index is 13.4. The van der Waals surface area contributed by atoms with Gasteiger partial charge in [-0.25, -0.2) is 4.39 Å². The van der Waals surface area contributed by atoms with Gasteiger partial charge in [-0.15, -0.1) is 0 Å². The summed E-state index contributed by atoms with van der Waals surface area (Å²) in [6, 6.07) is 5.07. The number of likely N-dealkylation sites (N-methyl/N-ethyl adjacent to an activating group) is 1. The van der Waals surface area contributed by atoms with Crippen molar-refractivity contribution < 1.29 is 9.50 Å². The molecule has 1 aliphatic rings. The molecule has 1 aliphatic heterocycles. The number of rotatable bonds is 2. The minimum absolute atomic E-state index is 0.292. The lowest BCUT2D eigenvalue weighted by Crippen LogP contribution is -2.38. The predicted molar refractivity (Wildman–Crippen MR) is 76.0 cm³/mol. The van der Waals surface area contributed by atoms with Crippen LogP contribution in [0.15, 0.2) is 18.2 Å². The van der Waals surface area contributed by atoms with Crippen molar-refractivity contribution in [1.82, 2.24) is 4.90 Å². The Balaban J connectivity index is 2.34. The normalized spacial score (nSPS) is 23.2. The predicted octanol–water partition coefficient (Wildman–Crippen LogP) is 2.41. The second kappa shape index (κ2) is 5.88. The van der Waals surface area contributed by atoms with Crippen molar-refractivity contribution in [2.75, 3.05) is 31.6 Å². The number of hydrogen-bond acceptors (Lipinski definition) is 3. The van der Waals surface area contributed by atoms with E-state index in [9.17, 15) is 9.50 Å². The summed E-state index contributed by atoms with van der Waals surface area (Å²) in [6.07, 6.45) is 0.427. The Labute approximate surface area is 114 Å². The van der Waals surface area contributed by atoms with Gasteiger partial charge in [0.1, 0.15) is 5.82 Å². The van der Waals surface area contributed by atoms with E-state index in [0.29, 0.717) is 11.6 Å². The first-order chi connectivity index (χ1) is 8.99. The molecule has 1 N–H and O–H groups in total. The van der Waals surface area contributed by atoms with E-state index in [0.717, 1.165) is 31.7 Å². The summed E-state index contributed by atoms with van der Waals surface area (Å²) in [7, 11) is 2.13. The van der Waals surface area contributed by atoms with Crippen molar-refractivity contribution in [1.29, 1.82) is 0 Å². The summed E-state index contributed by atoms with van der Waals surface area (Å²) in [5.74, 6) is -0.292. The van der Waals surface area contributed by atoms with E-state index < -0.39 is 6.10 Å². The van der Waals surface area contributed by atoms with Crippen molar-refractivity contribution in [3.05, 3.63) is 29.6 Å². The molecule has 1 saturated heterocycles. The van der Waals surface area contributed by atoms with Crippen molar-refractivity contribution in [3.63, 3.8) is 0 Å². The van der Waals surface area contributed by atoms with Crippen molar-refractivity contribution in [2.24, 2.45) is 0 Å². The second-order valence-corrected chi connectivity index (χ2v) is 5.54. The molecule has 1 unspecified atom stereocenters. The molecule has 0 aliphatic carbocycles. The number of aliphatic hydroxyl groups is 1. The fourth-order valence-corrected chi connectivity index (χ4v) is 2.85. The molecule has 4 heteroatoms. The van der Waals surface area contributed by atoms with Crippen LogP contribution in [-0.2, 0) is 0 Å². The average Bonchev–Trinajstić information content (AvgIpc) is 2.50. The summed E-state index contributed by atoms with van der Waals surface area (Å²) in [5, 5.41) is 9.86. The lowest BCUT2D eigenvalue weighted by Gasteiger charge is -2.32. The van der Waals surface area contributed by atoms with Crippen LogP contribution in [0, 0.1) is 5.82 Å². The van der Waals surface area contributed by atoms with Gasteiger partial charge in [0.2, 0.25) is 0 Å². The van der Waals surface area contributed by atoms with E-state index in [1.54, 1.807) is 13.0 Å². The van der Waals surface area contributed by atoms with E-state index in [-0.39, 0.29) is 5.82 Å². The van der Waals surface area contributed by atoms with Crippen LogP contribution in [0.5, 0.6) is 0 Å². The number of aliphatic hydroxyl groups excluding tert-OH is 1. The van der Waals surface area contributed by atoms with E-state index >= 15 is 0 Å². The SMILES string of the molecule is CC1CN(C)CCCN1c1ccc(F)cc1[C@@H](C)O. The summed E-state index contributed by atoms with van der Waals surface area (Å²) >= 11 is 0. The monoisotopic (exact) mass is 266 g/mol. The Bertz CT molecular complexity index is 436. The van der Waals surface area contributed by atoms with Crippen molar-refractivity contribution in [3.8, 4) is 0 Å². The minimum atomic E-state index is -0.654. The molecule has 106 valence electrons. The molecular weight excluding hydrogens is 243 g/mol. The van der Waals surface area contributed by atoms with Gasteiger partial charge in [0.15, 0.2) is 0 Å².